The lowest BCUT2D eigenvalue weighted by molar-refractivity contribution is -0.141. The van der Waals surface area contributed by atoms with Gasteiger partial charge in [0.15, 0.2) is 0 Å². The summed E-state index contributed by atoms with van der Waals surface area (Å²) in [6.45, 7) is 2.11. The number of cyclic esters (lactones) is 1. The fraction of sp³-hybridized carbons (Fsp3) is 0.575. The molecule has 4 amide bonds. The predicted octanol–water partition coefficient (Wildman–Crippen LogP) is 4.14. The first kappa shape index (κ1) is 39.4. The van der Waals surface area contributed by atoms with Crippen LogP contribution >= 0.6 is 0 Å². The number of pyridine rings is 1. The van der Waals surface area contributed by atoms with E-state index in [4.69, 9.17) is 18.9 Å². The van der Waals surface area contributed by atoms with Gasteiger partial charge in [-0.1, -0.05) is 44.1 Å². The molecule has 5 bridgehead atoms. The van der Waals surface area contributed by atoms with E-state index in [0.717, 1.165) is 24.8 Å². The number of allylic oxidation sites excluding steroid dienone is 2. The van der Waals surface area contributed by atoms with Crippen LogP contribution in [0.25, 0.3) is 17.0 Å². The number of fused-ring (bicyclic) bond motifs is 4. The summed E-state index contributed by atoms with van der Waals surface area (Å²) in [5.74, 6) is -1.00. The van der Waals surface area contributed by atoms with Gasteiger partial charge in [-0.25, -0.2) is 18.2 Å². The number of alkyl carbamates (subject to hydrolysis) is 1. The number of ether oxygens (including phenoxy) is 4. The highest BCUT2D eigenvalue weighted by Gasteiger charge is 2.62. The highest BCUT2D eigenvalue weighted by atomic mass is 32.2. The highest BCUT2D eigenvalue weighted by molar-refractivity contribution is 7.91. The predicted molar refractivity (Wildman–Crippen MR) is 206 cm³/mol. The van der Waals surface area contributed by atoms with E-state index < -0.39 is 68.7 Å². The zero-order chi connectivity index (χ0) is 39.6. The van der Waals surface area contributed by atoms with Gasteiger partial charge < -0.3 is 34.5 Å². The lowest BCUT2D eigenvalue weighted by atomic mass is 10.0. The number of nitrogens with one attached hydrogen (secondary N) is 3. The Hall–Kier alpha value is -4.86. The minimum atomic E-state index is -3.90. The van der Waals surface area contributed by atoms with Crippen LogP contribution in [0.5, 0.6) is 17.4 Å². The van der Waals surface area contributed by atoms with E-state index in [9.17, 15) is 27.6 Å². The molecule has 3 fully saturated rings. The Bertz CT molecular complexity index is 2030. The van der Waals surface area contributed by atoms with Crippen LogP contribution in [0.3, 0.4) is 0 Å². The first-order chi connectivity index (χ1) is 26.9. The van der Waals surface area contributed by atoms with E-state index in [2.05, 4.69) is 20.3 Å². The van der Waals surface area contributed by atoms with Crippen molar-refractivity contribution < 1.29 is 46.5 Å². The van der Waals surface area contributed by atoms with E-state index >= 15 is 0 Å². The Labute approximate surface area is 327 Å². The van der Waals surface area contributed by atoms with Gasteiger partial charge in [-0.15, -0.1) is 0 Å². The third-order valence-corrected chi connectivity index (χ3v) is 13.2. The second-order valence-corrected chi connectivity index (χ2v) is 17.6. The fourth-order valence-electron chi connectivity index (χ4n) is 7.83. The average molecular weight is 794 g/mol. The first-order valence-corrected chi connectivity index (χ1v) is 21.1. The molecule has 5 aliphatic rings. The monoisotopic (exact) mass is 793 g/mol. The van der Waals surface area contributed by atoms with Gasteiger partial charge in [0.05, 0.1) is 38.1 Å². The quantitative estimate of drug-likeness (QED) is 0.369. The molecule has 0 radical (unpaired) electrons. The standard InChI is InChI=1S/C40H51N5O10S/c1-24-11-9-10-12-25-17-29-31(19-33(25)52-2)41-35(53-3)20-34(29)55-27-18-32-36(46)43-40(38(48)44-56(50,51)28-15-16-28)21-26(40)13-7-5-4-6-8-14-30(37(47)45(32)22-27)42-39(49)54-23-24/h7,10,12-13,17,19-20,24,26-28,30,32H,4-6,8-9,11,14-16,18,21-23H2,1-3H3,(H,42,49)(H,43,46)(H,44,48)/b12-10+,13-7-/t24-,26?,27-,30+,32+,40-/m1/s1. The number of hydrogen-bond acceptors (Lipinski definition) is 11. The molecule has 1 saturated heterocycles. The molecule has 1 unspecified atom stereocenters. The number of hydrogen-bond donors (Lipinski definition) is 3. The van der Waals surface area contributed by atoms with Gasteiger partial charge in [-0.05, 0) is 63.4 Å². The number of carbonyl (C=O) groups is 4. The van der Waals surface area contributed by atoms with Gasteiger partial charge in [0.1, 0.15) is 35.2 Å². The number of sulfonamides is 1. The minimum absolute atomic E-state index is 0.0190. The zero-order valence-corrected chi connectivity index (χ0v) is 32.9. The molecule has 302 valence electrons. The van der Waals surface area contributed by atoms with Crippen molar-refractivity contribution in [3.63, 3.8) is 0 Å². The number of nitrogens with zero attached hydrogens (tertiary/aromatic N) is 2. The van der Waals surface area contributed by atoms with Crippen molar-refractivity contribution in [2.45, 2.75) is 107 Å². The molecule has 6 atom stereocenters. The van der Waals surface area contributed by atoms with Crippen LogP contribution in [0, 0.1) is 11.8 Å². The summed E-state index contributed by atoms with van der Waals surface area (Å²) in [6, 6.07) is 3.26. The molecule has 16 heteroatoms. The van der Waals surface area contributed by atoms with Crippen LogP contribution in [-0.4, -0.2) is 98.5 Å². The second kappa shape index (κ2) is 16.3. The van der Waals surface area contributed by atoms with Crippen molar-refractivity contribution in [1.29, 1.82) is 0 Å². The summed E-state index contributed by atoms with van der Waals surface area (Å²) >= 11 is 0. The van der Waals surface area contributed by atoms with Crippen molar-refractivity contribution in [1.82, 2.24) is 25.2 Å². The molecule has 2 aliphatic carbocycles. The first-order valence-electron chi connectivity index (χ1n) is 19.6. The maximum absolute atomic E-state index is 14.6. The Morgan fingerprint density at radius 3 is 2.61 bits per heavy atom. The van der Waals surface area contributed by atoms with Crippen LogP contribution < -0.4 is 29.6 Å². The fourth-order valence-corrected chi connectivity index (χ4v) is 9.19. The minimum Gasteiger partial charge on any atom is -0.496 e. The Kier molecular flexibility index (Phi) is 11.5. The number of amides is 4. The molecular weight excluding hydrogens is 743 g/mol. The molecule has 56 heavy (non-hydrogen) atoms. The highest BCUT2D eigenvalue weighted by Crippen LogP contribution is 2.46. The van der Waals surface area contributed by atoms with Crippen LogP contribution in [0.4, 0.5) is 4.79 Å². The molecule has 7 rings (SSSR count). The maximum Gasteiger partial charge on any atom is 0.407 e. The van der Waals surface area contributed by atoms with Gasteiger partial charge >= 0.3 is 6.09 Å². The SMILES string of the molecule is COc1cc2c3cc(c(OC)cc3n1)/C=C/CC[C@@H](C)COC(=O)N[C@H]1CCCCC/C=C\C3C[C@@]3(C(=O)NS(=O)(=O)C3CC3)NC(=O)[C@@H]3C[C@H](CN3C1=O)O2. The Morgan fingerprint density at radius 1 is 1.02 bits per heavy atom. The summed E-state index contributed by atoms with van der Waals surface area (Å²) < 4.78 is 51.5. The summed E-state index contributed by atoms with van der Waals surface area (Å²) in [4.78, 5) is 62.1. The third kappa shape index (κ3) is 8.59. The molecule has 3 N–H and O–H groups in total. The van der Waals surface area contributed by atoms with Crippen LogP contribution in [0.2, 0.25) is 0 Å². The molecule has 1 aromatic heterocycles. The van der Waals surface area contributed by atoms with Crippen molar-refractivity contribution in [2.24, 2.45) is 11.8 Å². The van der Waals surface area contributed by atoms with E-state index in [1.165, 1.54) is 12.0 Å². The van der Waals surface area contributed by atoms with Crippen LogP contribution in [-0.2, 0) is 29.1 Å². The van der Waals surface area contributed by atoms with Crippen LogP contribution in [0.1, 0.15) is 83.1 Å². The smallest absolute Gasteiger partial charge is 0.407 e. The summed E-state index contributed by atoms with van der Waals surface area (Å²) in [5, 5.41) is 5.71. The van der Waals surface area contributed by atoms with Gasteiger partial charge in [0.2, 0.25) is 27.7 Å². The van der Waals surface area contributed by atoms with Crippen molar-refractivity contribution in [3.8, 4) is 17.4 Å². The van der Waals surface area contributed by atoms with E-state index in [1.807, 2.05) is 37.3 Å². The van der Waals surface area contributed by atoms with Gasteiger partial charge in [-0.3, -0.25) is 19.1 Å². The normalized spacial score (nSPS) is 30.1. The summed E-state index contributed by atoms with van der Waals surface area (Å²) in [5.41, 5.74) is -0.171. The Balaban J connectivity index is 1.26. The number of aromatic nitrogens is 1. The van der Waals surface area contributed by atoms with Crippen molar-refractivity contribution >= 4 is 50.8 Å². The van der Waals surface area contributed by atoms with Crippen molar-refractivity contribution in [3.05, 3.63) is 42.0 Å². The number of methoxy groups -OCH3 is 2. The van der Waals surface area contributed by atoms with Gasteiger partial charge in [0.25, 0.3) is 5.91 Å². The molecule has 15 nitrogen and oxygen atoms in total. The average Bonchev–Trinajstić information content (AvgIpc) is 4.10. The molecule has 0 spiro atoms. The number of carbonyl (C=O) groups excluding carboxylic acids is 4. The second-order valence-electron chi connectivity index (χ2n) is 15.6. The largest absolute Gasteiger partial charge is 0.496 e. The van der Waals surface area contributed by atoms with E-state index in [0.29, 0.717) is 60.9 Å². The lowest BCUT2D eigenvalue weighted by Crippen LogP contribution is -2.58. The van der Waals surface area contributed by atoms with Crippen molar-refractivity contribution in [2.75, 3.05) is 27.4 Å². The molecule has 2 saturated carbocycles. The number of benzene rings is 1. The van der Waals surface area contributed by atoms with Gasteiger partial charge in [-0.2, -0.15) is 0 Å². The summed E-state index contributed by atoms with van der Waals surface area (Å²) in [6.07, 6.45) is 12.2. The molecule has 3 aliphatic heterocycles. The van der Waals surface area contributed by atoms with Crippen LogP contribution in [0.15, 0.2) is 36.4 Å². The molecule has 4 heterocycles. The van der Waals surface area contributed by atoms with E-state index in [1.54, 1.807) is 19.2 Å². The van der Waals surface area contributed by atoms with Gasteiger partial charge in [0, 0.05) is 35.4 Å². The molecular formula is C40H51N5O10S. The maximum atomic E-state index is 14.6. The third-order valence-electron chi connectivity index (χ3n) is 11.4. The topological polar surface area (TPSA) is 192 Å². The Morgan fingerprint density at radius 2 is 1.84 bits per heavy atom. The lowest BCUT2D eigenvalue weighted by Gasteiger charge is -2.29. The zero-order valence-electron chi connectivity index (χ0n) is 32.1. The molecule has 1 aromatic carbocycles. The number of rotatable bonds is 5. The summed E-state index contributed by atoms with van der Waals surface area (Å²) in [7, 11) is -0.824. The molecule has 2 aromatic rings. The van der Waals surface area contributed by atoms with E-state index in [-0.39, 0.29) is 37.8 Å².